The van der Waals surface area contributed by atoms with Crippen molar-refractivity contribution < 1.29 is 4.74 Å². The van der Waals surface area contributed by atoms with Crippen molar-refractivity contribution in [2.24, 2.45) is 0 Å². The monoisotopic (exact) mass is 302 g/mol. The van der Waals surface area contributed by atoms with Crippen LogP contribution in [0.1, 0.15) is 0 Å². The average Bonchev–Trinajstić information content (AvgIpc) is 2.82. The Bertz CT molecular complexity index is 689. The highest BCUT2D eigenvalue weighted by atomic mass is 79.9. The summed E-state index contributed by atoms with van der Waals surface area (Å²) in [7, 11) is 1.66. The van der Waals surface area contributed by atoms with Gasteiger partial charge in [-0.1, -0.05) is 28.1 Å². The van der Waals surface area contributed by atoms with Crippen molar-refractivity contribution in [1.82, 2.24) is 9.38 Å². The van der Waals surface area contributed by atoms with Gasteiger partial charge in [0.05, 0.1) is 12.8 Å². The Morgan fingerprint density at radius 1 is 1.17 bits per heavy atom. The predicted molar refractivity (Wildman–Crippen MR) is 74.9 cm³/mol. The van der Waals surface area contributed by atoms with E-state index in [1.54, 1.807) is 7.11 Å². The largest absolute Gasteiger partial charge is 0.497 e. The summed E-state index contributed by atoms with van der Waals surface area (Å²) in [4.78, 5) is 4.59. The summed E-state index contributed by atoms with van der Waals surface area (Å²) in [5, 5.41) is 0. The zero-order chi connectivity index (χ0) is 12.5. The van der Waals surface area contributed by atoms with E-state index in [0.29, 0.717) is 0 Å². The maximum Gasteiger partial charge on any atom is 0.141 e. The summed E-state index contributed by atoms with van der Waals surface area (Å²) < 4.78 is 8.25. The van der Waals surface area contributed by atoms with Crippen LogP contribution >= 0.6 is 15.9 Å². The van der Waals surface area contributed by atoms with E-state index in [1.165, 1.54) is 0 Å². The fraction of sp³-hybridized carbons (Fsp3) is 0.0714. The van der Waals surface area contributed by atoms with Gasteiger partial charge in [-0.05, 0) is 18.2 Å². The molecule has 18 heavy (non-hydrogen) atoms. The van der Waals surface area contributed by atoms with Crippen molar-refractivity contribution in [3.8, 4) is 17.0 Å². The van der Waals surface area contributed by atoms with Gasteiger partial charge in [-0.3, -0.25) is 0 Å². The van der Waals surface area contributed by atoms with Gasteiger partial charge in [0.25, 0.3) is 0 Å². The molecule has 0 bridgehead atoms. The van der Waals surface area contributed by atoms with E-state index < -0.39 is 0 Å². The molecule has 4 heteroatoms. The third-order valence-corrected chi connectivity index (χ3v) is 3.34. The van der Waals surface area contributed by atoms with Crippen LogP contribution in [-0.4, -0.2) is 16.5 Å². The molecule has 0 N–H and O–H groups in total. The van der Waals surface area contributed by atoms with Gasteiger partial charge in [-0.2, -0.15) is 0 Å². The van der Waals surface area contributed by atoms with Crippen molar-refractivity contribution in [2.75, 3.05) is 7.11 Å². The highest BCUT2D eigenvalue weighted by Gasteiger charge is 2.05. The number of ether oxygens (including phenoxy) is 1. The first-order chi connectivity index (χ1) is 8.76. The number of imidazole rings is 1. The normalized spacial score (nSPS) is 10.8. The SMILES string of the molecule is COc1ccn2cc(-c3ccc(Br)cc3)nc2c1. The molecule has 3 nitrogen and oxygen atoms in total. The summed E-state index contributed by atoms with van der Waals surface area (Å²) in [6.45, 7) is 0. The molecule has 3 rings (SSSR count). The molecule has 0 amide bonds. The van der Waals surface area contributed by atoms with Crippen LogP contribution < -0.4 is 4.74 Å². The Morgan fingerprint density at radius 2 is 1.94 bits per heavy atom. The molecular formula is C14H11BrN2O. The molecule has 0 aliphatic carbocycles. The second-order valence-electron chi connectivity index (χ2n) is 3.97. The zero-order valence-corrected chi connectivity index (χ0v) is 11.4. The van der Waals surface area contributed by atoms with E-state index in [1.807, 2.05) is 53.2 Å². The van der Waals surface area contributed by atoms with Gasteiger partial charge in [0.15, 0.2) is 0 Å². The van der Waals surface area contributed by atoms with Crippen LogP contribution in [-0.2, 0) is 0 Å². The Labute approximate surface area is 113 Å². The Hall–Kier alpha value is -1.81. The summed E-state index contributed by atoms with van der Waals surface area (Å²) in [5.41, 5.74) is 2.93. The molecule has 0 unspecified atom stereocenters. The molecule has 2 heterocycles. The number of nitrogens with zero attached hydrogens (tertiary/aromatic N) is 2. The fourth-order valence-corrected chi connectivity index (χ4v) is 2.11. The highest BCUT2D eigenvalue weighted by Crippen LogP contribution is 2.22. The number of rotatable bonds is 2. The molecule has 0 aliphatic rings. The average molecular weight is 303 g/mol. The lowest BCUT2D eigenvalue weighted by Crippen LogP contribution is -1.86. The number of pyridine rings is 1. The van der Waals surface area contributed by atoms with E-state index in [2.05, 4.69) is 20.9 Å². The fourth-order valence-electron chi connectivity index (χ4n) is 1.85. The minimum Gasteiger partial charge on any atom is -0.497 e. The molecule has 0 fully saturated rings. The molecule has 0 saturated heterocycles. The summed E-state index contributed by atoms with van der Waals surface area (Å²) in [6.07, 6.45) is 3.96. The van der Waals surface area contributed by atoms with Crippen LogP contribution in [0.25, 0.3) is 16.9 Å². The van der Waals surface area contributed by atoms with E-state index in [4.69, 9.17) is 4.74 Å². The molecule has 1 aromatic carbocycles. The lowest BCUT2D eigenvalue weighted by atomic mass is 10.2. The summed E-state index contributed by atoms with van der Waals surface area (Å²) in [5.74, 6) is 0.815. The minimum atomic E-state index is 0.815. The van der Waals surface area contributed by atoms with E-state index in [9.17, 15) is 0 Å². The number of methoxy groups -OCH3 is 1. The molecule has 0 spiro atoms. The van der Waals surface area contributed by atoms with Gasteiger partial charge in [0.1, 0.15) is 11.4 Å². The van der Waals surface area contributed by atoms with Gasteiger partial charge in [-0.15, -0.1) is 0 Å². The third-order valence-electron chi connectivity index (χ3n) is 2.81. The number of halogens is 1. The molecule has 90 valence electrons. The predicted octanol–water partition coefficient (Wildman–Crippen LogP) is 3.77. The van der Waals surface area contributed by atoms with E-state index in [0.717, 1.165) is 27.1 Å². The summed E-state index contributed by atoms with van der Waals surface area (Å²) in [6, 6.07) is 12.0. The Kier molecular flexibility index (Phi) is 2.80. The van der Waals surface area contributed by atoms with Crippen molar-refractivity contribution in [3.05, 3.63) is 53.3 Å². The van der Waals surface area contributed by atoms with Crippen molar-refractivity contribution in [1.29, 1.82) is 0 Å². The van der Waals surface area contributed by atoms with Crippen LogP contribution in [0.15, 0.2) is 53.3 Å². The lowest BCUT2D eigenvalue weighted by Gasteiger charge is -1.98. The first-order valence-electron chi connectivity index (χ1n) is 5.55. The van der Waals surface area contributed by atoms with E-state index in [-0.39, 0.29) is 0 Å². The van der Waals surface area contributed by atoms with Crippen molar-refractivity contribution >= 4 is 21.6 Å². The Balaban J connectivity index is 2.10. The molecule has 2 aromatic heterocycles. The molecule has 0 atom stereocenters. The van der Waals surface area contributed by atoms with Crippen LogP contribution in [0.2, 0.25) is 0 Å². The van der Waals surface area contributed by atoms with Crippen LogP contribution in [0.5, 0.6) is 5.75 Å². The third kappa shape index (κ3) is 1.99. The van der Waals surface area contributed by atoms with Gasteiger partial charge in [-0.25, -0.2) is 4.98 Å². The molecule has 0 radical (unpaired) electrons. The number of aromatic nitrogens is 2. The van der Waals surface area contributed by atoms with E-state index >= 15 is 0 Å². The minimum absolute atomic E-state index is 0.815. The van der Waals surface area contributed by atoms with Gasteiger partial charge < -0.3 is 9.14 Å². The first kappa shape index (κ1) is 11.3. The first-order valence-corrected chi connectivity index (χ1v) is 6.34. The van der Waals surface area contributed by atoms with Crippen LogP contribution in [0.3, 0.4) is 0 Å². The molecular weight excluding hydrogens is 292 g/mol. The van der Waals surface area contributed by atoms with Crippen molar-refractivity contribution in [2.45, 2.75) is 0 Å². The maximum atomic E-state index is 5.19. The number of hydrogen-bond acceptors (Lipinski definition) is 2. The quantitative estimate of drug-likeness (QED) is 0.720. The zero-order valence-electron chi connectivity index (χ0n) is 9.80. The Morgan fingerprint density at radius 3 is 2.67 bits per heavy atom. The summed E-state index contributed by atoms with van der Waals surface area (Å²) >= 11 is 3.43. The smallest absolute Gasteiger partial charge is 0.141 e. The molecule has 0 saturated carbocycles. The van der Waals surface area contributed by atoms with Crippen LogP contribution in [0, 0.1) is 0 Å². The van der Waals surface area contributed by atoms with Gasteiger partial charge in [0, 0.05) is 28.5 Å². The maximum absolute atomic E-state index is 5.19. The number of benzene rings is 1. The number of hydrogen-bond donors (Lipinski definition) is 0. The second kappa shape index (κ2) is 4.46. The van der Waals surface area contributed by atoms with Gasteiger partial charge >= 0.3 is 0 Å². The van der Waals surface area contributed by atoms with Crippen molar-refractivity contribution in [3.63, 3.8) is 0 Å². The lowest BCUT2D eigenvalue weighted by molar-refractivity contribution is 0.414. The number of fused-ring (bicyclic) bond motifs is 1. The molecule has 0 aliphatic heterocycles. The van der Waals surface area contributed by atoms with Crippen LogP contribution in [0.4, 0.5) is 0 Å². The molecule has 3 aromatic rings. The topological polar surface area (TPSA) is 26.5 Å². The standard InChI is InChI=1S/C14H11BrN2O/c1-18-12-6-7-17-9-13(16-14(17)8-12)10-2-4-11(15)5-3-10/h2-9H,1H3. The van der Waals surface area contributed by atoms with Gasteiger partial charge in [0.2, 0.25) is 0 Å². The highest BCUT2D eigenvalue weighted by molar-refractivity contribution is 9.10. The second-order valence-corrected chi connectivity index (χ2v) is 4.88.